The molecule has 3 rings (SSSR count). The normalized spacial score (nSPS) is 10.8. The van der Waals surface area contributed by atoms with Gasteiger partial charge < -0.3 is 14.5 Å². The monoisotopic (exact) mass is 367 g/mol. The molecule has 0 saturated heterocycles. The molecule has 5 nitrogen and oxygen atoms in total. The lowest BCUT2D eigenvalue weighted by Gasteiger charge is -2.00. The van der Waals surface area contributed by atoms with Gasteiger partial charge in [-0.25, -0.2) is 4.79 Å². The van der Waals surface area contributed by atoms with Crippen LogP contribution in [0.2, 0.25) is 0 Å². The highest BCUT2D eigenvalue weighted by Gasteiger charge is 2.17. The fourth-order valence-electron chi connectivity index (χ4n) is 2.27. The molecule has 26 heavy (non-hydrogen) atoms. The van der Waals surface area contributed by atoms with Gasteiger partial charge in [0.1, 0.15) is 11.5 Å². The Hall–Kier alpha value is -3.12. The third kappa shape index (κ3) is 4.49. The molecule has 0 unspecified atom stereocenters. The molecule has 2 heterocycles. The number of furan rings is 1. The van der Waals surface area contributed by atoms with Crippen LogP contribution in [0.25, 0.3) is 6.08 Å². The zero-order chi connectivity index (χ0) is 18.4. The maximum atomic E-state index is 12.2. The number of benzene rings is 1. The Morgan fingerprint density at radius 3 is 2.73 bits per heavy atom. The van der Waals surface area contributed by atoms with E-state index in [9.17, 15) is 9.59 Å². The van der Waals surface area contributed by atoms with E-state index in [4.69, 9.17) is 9.15 Å². The lowest BCUT2D eigenvalue weighted by molar-refractivity contribution is 0.0555. The molecule has 1 amide bonds. The second-order valence-electron chi connectivity index (χ2n) is 5.47. The second-order valence-corrected chi connectivity index (χ2v) is 6.52. The van der Waals surface area contributed by atoms with E-state index >= 15 is 0 Å². The molecule has 3 aromatic rings. The number of amides is 1. The smallest absolute Gasteiger partial charge is 0.348 e. The van der Waals surface area contributed by atoms with Crippen molar-refractivity contribution in [1.29, 1.82) is 0 Å². The average Bonchev–Trinajstić information content (AvgIpc) is 3.29. The molecule has 0 aliphatic rings. The fourth-order valence-corrected chi connectivity index (χ4v) is 3.23. The molecule has 1 aromatic carbocycles. The van der Waals surface area contributed by atoms with Crippen molar-refractivity contribution in [3.05, 3.63) is 82.6 Å². The van der Waals surface area contributed by atoms with Crippen LogP contribution < -0.4 is 5.32 Å². The van der Waals surface area contributed by atoms with Gasteiger partial charge in [0.15, 0.2) is 5.76 Å². The summed E-state index contributed by atoms with van der Waals surface area (Å²) in [4.78, 5) is 24.7. The molecular weight excluding hydrogens is 350 g/mol. The van der Waals surface area contributed by atoms with Gasteiger partial charge in [0, 0.05) is 0 Å². The van der Waals surface area contributed by atoms with Gasteiger partial charge in [-0.2, -0.15) is 0 Å². The van der Waals surface area contributed by atoms with Crippen molar-refractivity contribution >= 4 is 34.3 Å². The Morgan fingerprint density at radius 1 is 1.19 bits per heavy atom. The molecular formula is C20H17NO4S. The van der Waals surface area contributed by atoms with Crippen molar-refractivity contribution in [1.82, 2.24) is 0 Å². The van der Waals surface area contributed by atoms with Gasteiger partial charge in [-0.3, -0.25) is 4.79 Å². The third-order valence-corrected chi connectivity index (χ3v) is 4.64. The van der Waals surface area contributed by atoms with E-state index in [0.717, 1.165) is 11.1 Å². The summed E-state index contributed by atoms with van der Waals surface area (Å²) in [5.74, 6) is -0.558. The summed E-state index contributed by atoms with van der Waals surface area (Å²) in [5, 5.41) is 3.28. The largest absolute Gasteiger partial charge is 0.459 e. The van der Waals surface area contributed by atoms with E-state index in [1.165, 1.54) is 17.6 Å². The van der Waals surface area contributed by atoms with Gasteiger partial charge in [-0.05, 0) is 42.3 Å². The number of nitrogens with one attached hydrogen (secondary N) is 1. The van der Waals surface area contributed by atoms with Crippen LogP contribution in [0, 0.1) is 6.92 Å². The summed E-state index contributed by atoms with van der Waals surface area (Å²) in [6.07, 6.45) is 5.11. The number of hydrogen-bond donors (Lipinski definition) is 1. The van der Waals surface area contributed by atoms with E-state index in [0.29, 0.717) is 9.88 Å². The Morgan fingerprint density at radius 2 is 2.00 bits per heavy atom. The minimum absolute atomic E-state index is 0.180. The molecule has 0 aliphatic heterocycles. The van der Waals surface area contributed by atoms with Crippen LogP contribution in [-0.4, -0.2) is 18.5 Å². The van der Waals surface area contributed by atoms with Crippen molar-refractivity contribution in [2.45, 2.75) is 6.92 Å². The maximum absolute atomic E-state index is 12.2. The number of carbonyl (C=O) groups is 2. The van der Waals surface area contributed by atoms with E-state index in [2.05, 4.69) is 5.32 Å². The van der Waals surface area contributed by atoms with Gasteiger partial charge in [0.05, 0.1) is 11.3 Å². The zero-order valence-electron chi connectivity index (χ0n) is 14.1. The van der Waals surface area contributed by atoms with E-state index in [1.54, 1.807) is 31.2 Å². The summed E-state index contributed by atoms with van der Waals surface area (Å²) in [6.45, 7) is 1.98. The number of thiophene rings is 1. The number of aryl methyl sites for hydroxylation is 1. The Labute approximate surface area is 154 Å². The predicted octanol–water partition coefficient (Wildman–Crippen LogP) is 4.77. The first-order chi connectivity index (χ1) is 12.6. The zero-order valence-corrected chi connectivity index (χ0v) is 14.9. The van der Waals surface area contributed by atoms with E-state index < -0.39 is 5.97 Å². The molecule has 1 N–H and O–H groups in total. The second kappa shape index (κ2) is 8.31. The highest BCUT2D eigenvalue weighted by Crippen LogP contribution is 2.27. The first-order valence-corrected chi connectivity index (χ1v) is 8.79. The van der Waals surface area contributed by atoms with Gasteiger partial charge in [0.25, 0.3) is 5.91 Å². The summed E-state index contributed by atoms with van der Waals surface area (Å²) >= 11 is 1.18. The van der Waals surface area contributed by atoms with Crippen LogP contribution in [0.4, 0.5) is 5.00 Å². The standard InChI is InChI=1S/C20H17NO4S/c1-14-13-17(21-19(22)16-10-6-11-24-16)26-18(14)20(23)25-12-5-9-15-7-3-2-4-8-15/h2-11,13H,12H2,1H3,(H,21,22)/b9-5+. The molecule has 132 valence electrons. The van der Waals surface area contributed by atoms with E-state index in [1.807, 2.05) is 36.4 Å². The first kappa shape index (κ1) is 17.7. The molecule has 0 fully saturated rings. The number of ether oxygens (including phenoxy) is 1. The molecule has 0 radical (unpaired) electrons. The maximum Gasteiger partial charge on any atom is 0.348 e. The number of rotatable bonds is 6. The van der Waals surface area contributed by atoms with Crippen LogP contribution in [0.1, 0.15) is 31.4 Å². The van der Waals surface area contributed by atoms with Crippen molar-refractivity contribution in [2.24, 2.45) is 0 Å². The number of anilines is 1. The molecule has 0 aliphatic carbocycles. The minimum atomic E-state index is -0.413. The number of esters is 1. The van der Waals surface area contributed by atoms with Crippen LogP contribution >= 0.6 is 11.3 Å². The highest BCUT2D eigenvalue weighted by molar-refractivity contribution is 7.18. The molecule has 0 saturated carbocycles. The summed E-state index contributed by atoms with van der Waals surface area (Å²) in [6, 6.07) is 14.7. The molecule has 0 spiro atoms. The Bertz CT molecular complexity index is 911. The molecule has 0 atom stereocenters. The van der Waals surface area contributed by atoms with Gasteiger partial charge in [-0.1, -0.05) is 36.4 Å². The topological polar surface area (TPSA) is 68.5 Å². The number of hydrogen-bond acceptors (Lipinski definition) is 5. The van der Waals surface area contributed by atoms with Crippen LogP contribution in [0.5, 0.6) is 0 Å². The van der Waals surface area contributed by atoms with Gasteiger partial charge in [-0.15, -0.1) is 11.3 Å². The van der Waals surface area contributed by atoms with Gasteiger partial charge >= 0.3 is 5.97 Å². The lowest BCUT2D eigenvalue weighted by Crippen LogP contribution is -2.09. The van der Waals surface area contributed by atoms with E-state index in [-0.39, 0.29) is 18.3 Å². The quantitative estimate of drug-likeness (QED) is 0.637. The summed E-state index contributed by atoms with van der Waals surface area (Å²) in [7, 11) is 0. The summed E-state index contributed by atoms with van der Waals surface area (Å²) in [5.41, 5.74) is 1.79. The first-order valence-electron chi connectivity index (χ1n) is 7.97. The lowest BCUT2D eigenvalue weighted by atomic mass is 10.2. The number of carbonyl (C=O) groups excluding carboxylic acids is 2. The molecule has 2 aromatic heterocycles. The van der Waals surface area contributed by atoms with Crippen LogP contribution in [-0.2, 0) is 4.74 Å². The third-order valence-electron chi connectivity index (χ3n) is 3.51. The average molecular weight is 367 g/mol. The minimum Gasteiger partial charge on any atom is -0.459 e. The molecule has 6 heteroatoms. The molecule has 0 bridgehead atoms. The fraction of sp³-hybridized carbons (Fsp3) is 0.100. The van der Waals surface area contributed by atoms with Gasteiger partial charge in [0.2, 0.25) is 0 Å². The van der Waals surface area contributed by atoms with Crippen LogP contribution in [0.15, 0.2) is 65.3 Å². The summed E-state index contributed by atoms with van der Waals surface area (Å²) < 4.78 is 10.3. The Balaban J connectivity index is 1.57. The SMILES string of the molecule is Cc1cc(NC(=O)c2ccco2)sc1C(=O)OC/C=C/c1ccccc1. The van der Waals surface area contributed by atoms with Crippen molar-refractivity contribution < 1.29 is 18.7 Å². The van der Waals surface area contributed by atoms with Crippen molar-refractivity contribution in [2.75, 3.05) is 11.9 Å². The van der Waals surface area contributed by atoms with Crippen molar-refractivity contribution in [3.63, 3.8) is 0 Å². The predicted molar refractivity (Wildman–Crippen MR) is 101 cm³/mol. The van der Waals surface area contributed by atoms with Crippen molar-refractivity contribution in [3.8, 4) is 0 Å². The van der Waals surface area contributed by atoms with Crippen LogP contribution in [0.3, 0.4) is 0 Å². The Kier molecular flexibility index (Phi) is 5.66. The highest BCUT2D eigenvalue weighted by atomic mass is 32.1.